The van der Waals surface area contributed by atoms with Gasteiger partial charge in [0.1, 0.15) is 0 Å². The van der Waals surface area contributed by atoms with Gasteiger partial charge in [-0.3, -0.25) is 0 Å². The molecule has 3 rings (SSSR count). The average molecular weight is 405 g/mol. The largest absolute Gasteiger partial charge is 0.469 e. The normalized spacial score (nSPS) is 11.6. The van der Waals surface area contributed by atoms with E-state index in [1.54, 1.807) is 0 Å². The smallest absolute Gasteiger partial charge is 0.117 e. The van der Waals surface area contributed by atoms with Crippen LogP contribution < -0.4 is 10.8 Å². The van der Waals surface area contributed by atoms with Gasteiger partial charge in [0.2, 0.25) is 5.30 Å². The summed E-state index contributed by atoms with van der Waals surface area (Å²) in [5.41, 5.74) is 18.6. The van der Waals surface area contributed by atoms with Gasteiger partial charge in [-0.2, -0.15) is 0 Å². The summed E-state index contributed by atoms with van der Waals surface area (Å²) in [6.07, 6.45) is 1.58. The standard InChI is InChI=1S/C26H31NOP/c1-16-10-18(3)23(19(4)11-16)14-22-8-7-9-26(29(27)28)25(22)15-24-20(5)12-17(2)13-21(24)6/h7-13H,14-15H2,1-6H3,(H2,27,28)/q+1. The highest BCUT2D eigenvalue weighted by Crippen LogP contribution is 2.27. The summed E-state index contributed by atoms with van der Waals surface area (Å²) in [5, 5.41) is 0.777. The Balaban J connectivity index is 2.13. The zero-order valence-corrected chi connectivity index (χ0v) is 19.3. The minimum Gasteiger partial charge on any atom is -0.117 e. The van der Waals surface area contributed by atoms with Crippen molar-refractivity contribution in [2.24, 2.45) is 5.50 Å². The topological polar surface area (TPSA) is 43.1 Å². The first kappa shape index (κ1) is 21.4. The molecule has 0 aliphatic heterocycles. The van der Waals surface area contributed by atoms with Crippen LogP contribution in [-0.2, 0) is 17.4 Å². The molecule has 3 heteroatoms. The maximum absolute atomic E-state index is 12.4. The van der Waals surface area contributed by atoms with Crippen molar-refractivity contribution in [1.82, 2.24) is 0 Å². The lowest BCUT2D eigenvalue weighted by Gasteiger charge is -2.17. The number of rotatable bonds is 5. The van der Waals surface area contributed by atoms with Gasteiger partial charge in [-0.1, -0.05) is 47.5 Å². The molecule has 0 bridgehead atoms. The van der Waals surface area contributed by atoms with Crippen LogP contribution in [0.4, 0.5) is 0 Å². The maximum atomic E-state index is 12.4. The van der Waals surface area contributed by atoms with Crippen molar-refractivity contribution in [2.45, 2.75) is 54.4 Å². The van der Waals surface area contributed by atoms with Crippen LogP contribution in [0.25, 0.3) is 0 Å². The molecule has 3 aromatic rings. The molecule has 2 nitrogen and oxygen atoms in total. The summed E-state index contributed by atoms with van der Waals surface area (Å²) in [6, 6.07) is 15.0. The molecule has 0 heterocycles. The lowest BCUT2D eigenvalue weighted by atomic mass is 9.88. The summed E-state index contributed by atoms with van der Waals surface area (Å²) in [4.78, 5) is 0. The third-order valence-electron chi connectivity index (χ3n) is 5.89. The van der Waals surface area contributed by atoms with Crippen LogP contribution in [0, 0.1) is 41.5 Å². The lowest BCUT2D eigenvalue weighted by Crippen LogP contribution is -2.15. The monoisotopic (exact) mass is 404 g/mol. The zero-order valence-electron chi connectivity index (χ0n) is 18.4. The number of aryl methyl sites for hydroxylation is 6. The quantitative estimate of drug-likeness (QED) is 0.527. The van der Waals surface area contributed by atoms with Gasteiger partial charge < -0.3 is 0 Å². The van der Waals surface area contributed by atoms with Gasteiger partial charge in [-0.25, -0.2) is 0 Å². The van der Waals surface area contributed by atoms with Crippen LogP contribution in [0.15, 0.2) is 42.5 Å². The molecule has 1 unspecified atom stereocenters. The lowest BCUT2D eigenvalue weighted by molar-refractivity contribution is 0.594. The highest BCUT2D eigenvalue weighted by atomic mass is 31.1. The van der Waals surface area contributed by atoms with Gasteiger partial charge in [-0.05, 0) is 97.5 Å². The minimum atomic E-state index is -1.90. The van der Waals surface area contributed by atoms with Crippen molar-refractivity contribution >= 4 is 13.3 Å². The van der Waals surface area contributed by atoms with Gasteiger partial charge in [0.05, 0.1) is 0 Å². The van der Waals surface area contributed by atoms with Crippen LogP contribution in [-0.4, -0.2) is 0 Å². The van der Waals surface area contributed by atoms with Crippen LogP contribution in [0.2, 0.25) is 0 Å². The molecule has 0 fully saturated rings. The fourth-order valence-corrected chi connectivity index (χ4v) is 5.26. The van der Waals surface area contributed by atoms with E-state index in [9.17, 15) is 4.57 Å². The van der Waals surface area contributed by atoms with Crippen LogP contribution in [0.5, 0.6) is 0 Å². The molecule has 0 aromatic heterocycles. The first-order valence-electron chi connectivity index (χ1n) is 10.1. The van der Waals surface area contributed by atoms with Crippen molar-refractivity contribution < 1.29 is 4.57 Å². The molecule has 2 N–H and O–H groups in total. The highest BCUT2D eigenvalue weighted by Gasteiger charge is 2.24. The van der Waals surface area contributed by atoms with Crippen molar-refractivity contribution in [2.75, 3.05) is 0 Å². The van der Waals surface area contributed by atoms with Gasteiger partial charge in [0.25, 0.3) is 0 Å². The van der Waals surface area contributed by atoms with Crippen molar-refractivity contribution in [3.05, 3.63) is 98.1 Å². The van der Waals surface area contributed by atoms with Crippen LogP contribution in [0.3, 0.4) is 0 Å². The molecular formula is C26H31NOP+. The van der Waals surface area contributed by atoms with E-state index in [2.05, 4.69) is 71.9 Å². The van der Waals surface area contributed by atoms with Gasteiger partial charge in [0.15, 0.2) is 0 Å². The SMILES string of the molecule is Cc1cc(C)c(Cc2cccc([P+](N)=O)c2Cc2c(C)cc(C)cc2C)c(C)c1. The third-order valence-corrected chi connectivity index (χ3v) is 6.78. The number of nitrogens with two attached hydrogens (primary N) is 1. The Morgan fingerprint density at radius 2 is 1.14 bits per heavy atom. The fraction of sp³-hybridized carbons (Fsp3) is 0.308. The van der Waals surface area contributed by atoms with E-state index in [0.29, 0.717) is 0 Å². The van der Waals surface area contributed by atoms with E-state index >= 15 is 0 Å². The van der Waals surface area contributed by atoms with E-state index in [4.69, 9.17) is 5.50 Å². The van der Waals surface area contributed by atoms with E-state index in [1.165, 1.54) is 50.1 Å². The Morgan fingerprint density at radius 1 is 0.690 bits per heavy atom. The summed E-state index contributed by atoms with van der Waals surface area (Å²) in [7, 11) is -1.90. The summed E-state index contributed by atoms with van der Waals surface area (Å²) >= 11 is 0. The Labute approximate surface area is 176 Å². The molecule has 1 atom stereocenters. The van der Waals surface area contributed by atoms with Gasteiger partial charge in [-0.15, -0.1) is 5.50 Å². The average Bonchev–Trinajstić information content (AvgIpc) is 2.61. The molecule has 0 saturated heterocycles. The van der Waals surface area contributed by atoms with Crippen molar-refractivity contribution in [3.63, 3.8) is 0 Å². The Kier molecular flexibility index (Phi) is 6.36. The Bertz CT molecular complexity index is 1050. The summed E-state index contributed by atoms with van der Waals surface area (Å²) in [5.74, 6) is 0. The number of benzene rings is 3. The molecule has 0 amide bonds. The molecule has 3 aromatic carbocycles. The Morgan fingerprint density at radius 3 is 1.59 bits per heavy atom. The first-order valence-corrected chi connectivity index (χ1v) is 11.5. The molecule has 0 saturated carbocycles. The maximum Gasteiger partial charge on any atom is 0.469 e. The van der Waals surface area contributed by atoms with E-state index in [0.717, 1.165) is 23.7 Å². The third kappa shape index (κ3) is 4.66. The second-order valence-corrected chi connectivity index (χ2v) is 9.48. The summed E-state index contributed by atoms with van der Waals surface area (Å²) < 4.78 is 12.4. The minimum absolute atomic E-state index is 0.756. The molecule has 0 radical (unpaired) electrons. The molecule has 0 aliphatic rings. The van der Waals surface area contributed by atoms with Crippen LogP contribution >= 0.6 is 7.95 Å². The van der Waals surface area contributed by atoms with Crippen molar-refractivity contribution in [1.29, 1.82) is 0 Å². The van der Waals surface area contributed by atoms with Gasteiger partial charge in [0, 0.05) is 12.0 Å². The molecule has 150 valence electrons. The van der Waals surface area contributed by atoms with E-state index in [-0.39, 0.29) is 0 Å². The van der Waals surface area contributed by atoms with Gasteiger partial charge >= 0.3 is 7.95 Å². The van der Waals surface area contributed by atoms with Crippen LogP contribution in [0.1, 0.15) is 55.6 Å². The molecular weight excluding hydrogens is 373 g/mol. The first-order chi connectivity index (χ1) is 13.7. The second-order valence-electron chi connectivity index (χ2n) is 8.35. The Hall–Kier alpha value is -2.28. The van der Waals surface area contributed by atoms with E-state index < -0.39 is 7.95 Å². The second kappa shape index (κ2) is 8.61. The molecule has 0 spiro atoms. The molecule has 0 aliphatic carbocycles. The van der Waals surface area contributed by atoms with E-state index in [1.807, 2.05) is 12.1 Å². The van der Waals surface area contributed by atoms with Crippen molar-refractivity contribution in [3.8, 4) is 0 Å². The number of hydrogen-bond donors (Lipinski definition) is 1. The predicted molar refractivity (Wildman–Crippen MR) is 125 cm³/mol. The number of hydrogen-bond acceptors (Lipinski definition) is 1. The predicted octanol–water partition coefficient (Wildman–Crippen LogP) is 6.05. The zero-order chi connectivity index (χ0) is 21.3. The summed E-state index contributed by atoms with van der Waals surface area (Å²) in [6.45, 7) is 12.9. The fourth-order valence-electron chi connectivity index (χ4n) is 4.54. The highest BCUT2D eigenvalue weighted by molar-refractivity contribution is 7.51. The molecule has 29 heavy (non-hydrogen) atoms.